The molecule has 2 nitrogen and oxygen atoms in total. The lowest BCUT2D eigenvalue weighted by molar-refractivity contribution is 1.39. The monoisotopic (exact) mass is 135 g/mol. The molecule has 0 aliphatic rings. The molecule has 0 fully saturated rings. The van der Waals surface area contributed by atoms with Crippen molar-refractivity contribution in [3.63, 3.8) is 0 Å². The Bertz CT molecular complexity index is 191. The minimum Gasteiger partial charge on any atom is -0.399 e. The molecule has 53 valence electrons. The summed E-state index contributed by atoms with van der Waals surface area (Å²) in [6.45, 7) is 3.82. The predicted molar refractivity (Wildman–Crippen MR) is 44.5 cm³/mol. The number of nitrogens with two attached hydrogens (primary N) is 1. The summed E-state index contributed by atoms with van der Waals surface area (Å²) in [5.74, 6) is 0. The third-order valence-corrected chi connectivity index (χ3v) is 1.22. The molecule has 0 amide bonds. The third kappa shape index (κ3) is 1.65. The molecule has 0 aliphatic heterocycles. The molecular formula is C8H11N2. The highest BCUT2D eigenvalue weighted by Gasteiger charge is 1.86. The van der Waals surface area contributed by atoms with E-state index in [2.05, 4.69) is 5.32 Å². The van der Waals surface area contributed by atoms with Gasteiger partial charge in [-0.1, -0.05) is 0 Å². The quantitative estimate of drug-likeness (QED) is 0.607. The van der Waals surface area contributed by atoms with Crippen molar-refractivity contribution in [2.75, 3.05) is 11.1 Å². The fraction of sp³-hybridized carbons (Fsp3) is 0.125. The topological polar surface area (TPSA) is 38.0 Å². The van der Waals surface area contributed by atoms with Crippen molar-refractivity contribution in [2.24, 2.45) is 0 Å². The predicted octanol–water partition coefficient (Wildman–Crippen LogP) is 1.86. The van der Waals surface area contributed by atoms with Gasteiger partial charge in [-0.15, -0.1) is 0 Å². The van der Waals surface area contributed by atoms with E-state index in [9.17, 15) is 0 Å². The van der Waals surface area contributed by atoms with Crippen LogP contribution in [0.2, 0.25) is 0 Å². The van der Waals surface area contributed by atoms with Gasteiger partial charge >= 0.3 is 0 Å². The normalized spacial score (nSPS) is 9.30. The second-order valence-electron chi connectivity index (χ2n) is 2.06. The van der Waals surface area contributed by atoms with E-state index in [-0.39, 0.29) is 0 Å². The number of anilines is 2. The van der Waals surface area contributed by atoms with Crippen LogP contribution < -0.4 is 11.1 Å². The second-order valence-corrected chi connectivity index (χ2v) is 2.06. The van der Waals surface area contributed by atoms with Crippen LogP contribution in [0.1, 0.15) is 6.92 Å². The highest BCUT2D eigenvalue weighted by Crippen LogP contribution is 2.09. The summed E-state index contributed by atoms with van der Waals surface area (Å²) < 4.78 is 0. The fourth-order valence-corrected chi connectivity index (χ4v) is 0.746. The van der Waals surface area contributed by atoms with Gasteiger partial charge in [-0.05, 0) is 31.2 Å². The molecule has 1 rings (SSSR count). The molecule has 0 saturated carbocycles. The average Bonchev–Trinajstić information content (AvgIpc) is 1.95. The molecule has 0 aliphatic carbocycles. The maximum absolute atomic E-state index is 5.48. The molecule has 1 aromatic carbocycles. The first-order chi connectivity index (χ1) is 4.83. The van der Waals surface area contributed by atoms with Gasteiger partial charge in [-0.25, -0.2) is 0 Å². The van der Waals surface area contributed by atoms with Gasteiger partial charge in [-0.2, -0.15) is 0 Å². The molecule has 10 heavy (non-hydrogen) atoms. The molecular weight excluding hydrogens is 124 g/mol. The first-order valence-electron chi connectivity index (χ1n) is 3.23. The van der Waals surface area contributed by atoms with E-state index in [0.717, 1.165) is 11.4 Å². The van der Waals surface area contributed by atoms with E-state index in [0.29, 0.717) is 0 Å². The lowest BCUT2D eigenvalue weighted by Crippen LogP contribution is -1.90. The molecule has 0 unspecified atom stereocenters. The smallest absolute Gasteiger partial charge is 0.0431 e. The van der Waals surface area contributed by atoms with Gasteiger partial charge in [0.15, 0.2) is 0 Å². The lowest BCUT2D eigenvalue weighted by atomic mass is 10.3. The van der Waals surface area contributed by atoms with Crippen molar-refractivity contribution in [3.8, 4) is 0 Å². The van der Waals surface area contributed by atoms with E-state index >= 15 is 0 Å². The standard InChI is InChI=1S/C8H11N2/c1-2-10-8-5-3-7(9)4-6-8/h2-6,10H,9H2,1H3. The van der Waals surface area contributed by atoms with Crippen molar-refractivity contribution in [1.82, 2.24) is 0 Å². The Labute approximate surface area is 61.1 Å². The summed E-state index contributed by atoms with van der Waals surface area (Å²) in [6, 6.07) is 7.61. The molecule has 2 heteroatoms. The molecule has 1 aromatic rings. The van der Waals surface area contributed by atoms with Gasteiger partial charge in [0.05, 0.1) is 0 Å². The minimum absolute atomic E-state index is 0.793. The number of hydrogen-bond donors (Lipinski definition) is 2. The van der Waals surface area contributed by atoms with E-state index in [1.54, 1.807) is 0 Å². The molecule has 0 saturated heterocycles. The summed E-state index contributed by atoms with van der Waals surface area (Å²) in [4.78, 5) is 0. The van der Waals surface area contributed by atoms with Crippen molar-refractivity contribution < 1.29 is 0 Å². The Morgan fingerprint density at radius 3 is 2.40 bits per heavy atom. The van der Waals surface area contributed by atoms with E-state index in [4.69, 9.17) is 5.73 Å². The van der Waals surface area contributed by atoms with Crippen LogP contribution in [-0.2, 0) is 0 Å². The SMILES string of the molecule is C[CH]Nc1ccc(N)cc1. The first-order valence-corrected chi connectivity index (χ1v) is 3.23. The zero-order valence-corrected chi connectivity index (χ0v) is 5.96. The first kappa shape index (κ1) is 6.93. The Morgan fingerprint density at radius 1 is 1.30 bits per heavy atom. The maximum atomic E-state index is 5.48. The second kappa shape index (κ2) is 3.11. The highest BCUT2D eigenvalue weighted by atomic mass is 14.8. The number of rotatable bonds is 2. The third-order valence-electron chi connectivity index (χ3n) is 1.22. The Hall–Kier alpha value is -1.18. The number of nitrogen functional groups attached to an aromatic ring is 1. The van der Waals surface area contributed by atoms with Crippen LogP contribution in [0.25, 0.3) is 0 Å². The molecule has 1 radical (unpaired) electrons. The highest BCUT2D eigenvalue weighted by molar-refractivity contribution is 5.51. The van der Waals surface area contributed by atoms with Gasteiger partial charge in [0.2, 0.25) is 0 Å². The maximum Gasteiger partial charge on any atom is 0.0431 e. The Balaban J connectivity index is 2.69. The van der Waals surface area contributed by atoms with Crippen LogP contribution in [0.5, 0.6) is 0 Å². The molecule has 0 heterocycles. The summed E-state index contributed by atoms with van der Waals surface area (Å²) in [7, 11) is 0. The van der Waals surface area contributed by atoms with E-state index < -0.39 is 0 Å². The van der Waals surface area contributed by atoms with Crippen molar-refractivity contribution >= 4 is 11.4 Å². The van der Waals surface area contributed by atoms with Crippen molar-refractivity contribution in [3.05, 3.63) is 30.8 Å². The summed E-state index contributed by atoms with van der Waals surface area (Å²) in [5.41, 5.74) is 7.34. The van der Waals surface area contributed by atoms with Gasteiger partial charge in [0.25, 0.3) is 0 Å². The van der Waals surface area contributed by atoms with Crippen LogP contribution in [0.15, 0.2) is 24.3 Å². The summed E-state index contributed by atoms with van der Waals surface area (Å²) >= 11 is 0. The van der Waals surface area contributed by atoms with Gasteiger partial charge in [0.1, 0.15) is 0 Å². The molecule has 0 bridgehead atoms. The molecule has 0 spiro atoms. The van der Waals surface area contributed by atoms with Gasteiger partial charge in [-0.3, -0.25) is 0 Å². The van der Waals surface area contributed by atoms with Crippen molar-refractivity contribution in [1.29, 1.82) is 0 Å². The Morgan fingerprint density at radius 2 is 1.90 bits per heavy atom. The van der Waals surface area contributed by atoms with E-state index in [1.807, 2.05) is 37.7 Å². The van der Waals surface area contributed by atoms with Crippen LogP contribution in [0, 0.1) is 6.54 Å². The molecule has 0 atom stereocenters. The zero-order chi connectivity index (χ0) is 7.40. The van der Waals surface area contributed by atoms with Crippen LogP contribution in [0.3, 0.4) is 0 Å². The van der Waals surface area contributed by atoms with E-state index in [1.165, 1.54) is 0 Å². The number of nitrogens with one attached hydrogen (secondary N) is 1. The fourth-order valence-electron chi connectivity index (χ4n) is 0.746. The summed E-state index contributed by atoms with van der Waals surface area (Å²) in [6.07, 6.45) is 0. The number of benzene rings is 1. The number of hydrogen-bond acceptors (Lipinski definition) is 2. The average molecular weight is 135 g/mol. The largest absolute Gasteiger partial charge is 0.399 e. The minimum atomic E-state index is 0.793. The van der Waals surface area contributed by atoms with Gasteiger partial charge in [0, 0.05) is 17.9 Å². The van der Waals surface area contributed by atoms with Crippen LogP contribution in [-0.4, -0.2) is 0 Å². The zero-order valence-electron chi connectivity index (χ0n) is 5.96. The molecule has 3 N–H and O–H groups in total. The van der Waals surface area contributed by atoms with Crippen molar-refractivity contribution in [2.45, 2.75) is 6.92 Å². The van der Waals surface area contributed by atoms with Gasteiger partial charge < -0.3 is 11.1 Å². The lowest BCUT2D eigenvalue weighted by Gasteiger charge is -2.00. The molecule has 0 aromatic heterocycles. The Kier molecular flexibility index (Phi) is 2.15. The summed E-state index contributed by atoms with van der Waals surface area (Å²) in [5, 5.41) is 3.05. The van der Waals surface area contributed by atoms with Crippen LogP contribution in [0.4, 0.5) is 11.4 Å². The van der Waals surface area contributed by atoms with Crippen LogP contribution >= 0.6 is 0 Å².